The molecule has 1 fully saturated rings. The third-order valence-electron chi connectivity index (χ3n) is 3.88. The van der Waals surface area contributed by atoms with Crippen LogP contribution in [0.5, 0.6) is 11.6 Å². The zero-order chi connectivity index (χ0) is 17.5. The van der Waals surface area contributed by atoms with Gasteiger partial charge in [0.1, 0.15) is 11.6 Å². The van der Waals surface area contributed by atoms with Crippen molar-refractivity contribution in [2.45, 2.75) is 13.0 Å². The molecule has 0 saturated carbocycles. The van der Waals surface area contributed by atoms with E-state index in [4.69, 9.17) is 9.47 Å². The molecule has 1 saturated heterocycles. The first-order chi connectivity index (χ1) is 12.2. The average Bonchev–Trinajstić information content (AvgIpc) is 3.13. The van der Waals surface area contributed by atoms with E-state index in [-0.39, 0.29) is 18.4 Å². The second kappa shape index (κ2) is 8.43. The van der Waals surface area contributed by atoms with Crippen molar-refractivity contribution in [2.24, 2.45) is 5.92 Å². The van der Waals surface area contributed by atoms with Crippen LogP contribution in [0.4, 0.5) is 9.18 Å². The molecule has 1 aromatic heterocycles. The number of nitrogens with zero attached hydrogens (tertiary/aromatic N) is 1. The first-order valence-electron chi connectivity index (χ1n) is 8.17. The van der Waals surface area contributed by atoms with Crippen LogP contribution in [-0.2, 0) is 11.3 Å². The Morgan fingerprint density at radius 3 is 3.04 bits per heavy atom. The maximum Gasteiger partial charge on any atom is 0.315 e. The summed E-state index contributed by atoms with van der Waals surface area (Å²) in [5.74, 6) is 0.669. The predicted octanol–water partition coefficient (Wildman–Crippen LogP) is 2.85. The van der Waals surface area contributed by atoms with E-state index in [2.05, 4.69) is 15.6 Å². The average molecular weight is 345 g/mol. The summed E-state index contributed by atoms with van der Waals surface area (Å²) < 4.78 is 24.2. The SMILES string of the molecule is O=C(NCc1cccnc1Oc1cccc(F)c1)NC[C@@H]1CCOC1. The fourth-order valence-corrected chi connectivity index (χ4v) is 2.51. The standard InChI is InChI=1S/C18H20FN3O3/c19-15-4-1-5-16(9-15)25-17-14(3-2-7-20-17)11-22-18(23)21-10-13-6-8-24-12-13/h1-5,7,9,13H,6,8,10-12H2,(H2,21,22,23)/t13-/m0/s1. The van der Waals surface area contributed by atoms with Crippen LogP contribution in [0, 0.1) is 11.7 Å². The smallest absolute Gasteiger partial charge is 0.315 e. The van der Waals surface area contributed by atoms with E-state index in [0.717, 1.165) is 13.0 Å². The Bertz CT molecular complexity index is 720. The molecule has 0 radical (unpaired) electrons. The van der Waals surface area contributed by atoms with Gasteiger partial charge in [-0.3, -0.25) is 0 Å². The van der Waals surface area contributed by atoms with Gasteiger partial charge < -0.3 is 20.1 Å². The summed E-state index contributed by atoms with van der Waals surface area (Å²) in [5.41, 5.74) is 0.700. The van der Waals surface area contributed by atoms with Gasteiger partial charge in [0.25, 0.3) is 0 Å². The zero-order valence-corrected chi connectivity index (χ0v) is 13.7. The van der Waals surface area contributed by atoms with Crippen molar-refractivity contribution >= 4 is 6.03 Å². The largest absolute Gasteiger partial charge is 0.439 e. The lowest BCUT2D eigenvalue weighted by Gasteiger charge is -2.13. The highest BCUT2D eigenvalue weighted by molar-refractivity contribution is 5.73. The second-order valence-corrected chi connectivity index (χ2v) is 5.82. The number of carbonyl (C=O) groups excluding carboxylic acids is 1. The van der Waals surface area contributed by atoms with Crippen LogP contribution in [0.1, 0.15) is 12.0 Å². The molecule has 1 aromatic carbocycles. The molecule has 7 heteroatoms. The van der Waals surface area contributed by atoms with Gasteiger partial charge in [0.05, 0.1) is 6.61 Å². The van der Waals surface area contributed by atoms with Crippen LogP contribution in [0.3, 0.4) is 0 Å². The Morgan fingerprint density at radius 1 is 1.32 bits per heavy atom. The molecule has 2 N–H and O–H groups in total. The van der Waals surface area contributed by atoms with Gasteiger partial charge in [-0.25, -0.2) is 14.2 Å². The van der Waals surface area contributed by atoms with E-state index in [1.165, 1.54) is 12.1 Å². The number of hydrogen-bond acceptors (Lipinski definition) is 4. The number of pyridine rings is 1. The summed E-state index contributed by atoms with van der Waals surface area (Å²) in [4.78, 5) is 16.1. The summed E-state index contributed by atoms with van der Waals surface area (Å²) in [6.07, 6.45) is 2.55. The zero-order valence-electron chi connectivity index (χ0n) is 13.7. The van der Waals surface area contributed by atoms with E-state index >= 15 is 0 Å². The Balaban J connectivity index is 1.54. The van der Waals surface area contributed by atoms with Crippen molar-refractivity contribution in [3.63, 3.8) is 0 Å². The van der Waals surface area contributed by atoms with E-state index in [1.54, 1.807) is 30.5 Å². The highest BCUT2D eigenvalue weighted by Gasteiger charge is 2.16. The summed E-state index contributed by atoms with van der Waals surface area (Å²) in [6.45, 7) is 2.29. The molecule has 2 amide bonds. The van der Waals surface area contributed by atoms with Crippen molar-refractivity contribution in [2.75, 3.05) is 19.8 Å². The van der Waals surface area contributed by atoms with E-state index in [0.29, 0.717) is 36.3 Å². The third kappa shape index (κ3) is 5.15. The maximum absolute atomic E-state index is 13.3. The van der Waals surface area contributed by atoms with Gasteiger partial charge in [0.15, 0.2) is 0 Å². The summed E-state index contributed by atoms with van der Waals surface area (Å²) in [7, 11) is 0. The molecule has 0 aliphatic carbocycles. The van der Waals surface area contributed by atoms with Crippen LogP contribution < -0.4 is 15.4 Å². The van der Waals surface area contributed by atoms with Crippen LogP contribution in [0.15, 0.2) is 42.6 Å². The fourth-order valence-electron chi connectivity index (χ4n) is 2.51. The molecule has 0 unspecified atom stereocenters. The Kier molecular flexibility index (Phi) is 5.79. The molecular weight excluding hydrogens is 325 g/mol. The number of amides is 2. The molecular formula is C18H20FN3O3. The third-order valence-corrected chi connectivity index (χ3v) is 3.88. The number of rotatable bonds is 6. The lowest BCUT2D eigenvalue weighted by Crippen LogP contribution is -2.38. The predicted molar refractivity (Wildman–Crippen MR) is 89.9 cm³/mol. The lowest BCUT2D eigenvalue weighted by molar-refractivity contribution is 0.185. The summed E-state index contributed by atoms with van der Waals surface area (Å²) >= 11 is 0. The lowest BCUT2D eigenvalue weighted by atomic mass is 10.1. The minimum absolute atomic E-state index is 0.255. The van der Waals surface area contributed by atoms with Gasteiger partial charge >= 0.3 is 6.03 Å². The van der Waals surface area contributed by atoms with Gasteiger partial charge in [-0.2, -0.15) is 0 Å². The second-order valence-electron chi connectivity index (χ2n) is 5.82. The van der Waals surface area contributed by atoms with Gasteiger partial charge in [0.2, 0.25) is 5.88 Å². The van der Waals surface area contributed by atoms with Crippen molar-refractivity contribution in [3.8, 4) is 11.6 Å². The van der Waals surface area contributed by atoms with Gasteiger partial charge in [-0.05, 0) is 24.6 Å². The molecule has 25 heavy (non-hydrogen) atoms. The molecule has 1 aliphatic heterocycles. The first-order valence-corrected chi connectivity index (χ1v) is 8.17. The van der Waals surface area contributed by atoms with E-state index < -0.39 is 0 Å². The van der Waals surface area contributed by atoms with Crippen LogP contribution in [-0.4, -0.2) is 30.8 Å². The van der Waals surface area contributed by atoms with Gasteiger partial charge in [-0.1, -0.05) is 12.1 Å². The van der Waals surface area contributed by atoms with Gasteiger partial charge in [-0.15, -0.1) is 0 Å². The molecule has 0 bridgehead atoms. The normalized spacial score (nSPS) is 16.4. The quantitative estimate of drug-likeness (QED) is 0.844. The molecule has 1 aliphatic rings. The van der Waals surface area contributed by atoms with Crippen LogP contribution in [0.25, 0.3) is 0 Å². The van der Waals surface area contributed by atoms with Crippen molar-refractivity contribution in [1.29, 1.82) is 0 Å². The number of nitrogens with one attached hydrogen (secondary N) is 2. The molecule has 2 heterocycles. The Morgan fingerprint density at radius 2 is 2.24 bits per heavy atom. The topological polar surface area (TPSA) is 72.5 Å². The molecule has 132 valence electrons. The Hall–Kier alpha value is -2.67. The maximum atomic E-state index is 13.3. The minimum Gasteiger partial charge on any atom is -0.439 e. The van der Waals surface area contributed by atoms with Crippen molar-refractivity contribution in [3.05, 3.63) is 54.0 Å². The molecule has 2 aromatic rings. The number of halogens is 1. The molecule has 1 atom stereocenters. The molecule has 3 rings (SSSR count). The summed E-state index contributed by atoms with van der Waals surface area (Å²) in [6, 6.07) is 9.12. The van der Waals surface area contributed by atoms with Crippen LogP contribution in [0.2, 0.25) is 0 Å². The number of ether oxygens (including phenoxy) is 2. The molecule has 0 spiro atoms. The van der Waals surface area contributed by atoms with E-state index in [9.17, 15) is 9.18 Å². The number of carbonyl (C=O) groups is 1. The number of urea groups is 1. The monoisotopic (exact) mass is 345 g/mol. The highest BCUT2D eigenvalue weighted by Crippen LogP contribution is 2.23. The number of hydrogen-bond donors (Lipinski definition) is 2. The number of aromatic nitrogens is 1. The highest BCUT2D eigenvalue weighted by atomic mass is 19.1. The van der Waals surface area contributed by atoms with E-state index in [1.807, 2.05) is 0 Å². The van der Waals surface area contributed by atoms with Gasteiger partial charge in [0, 0.05) is 43.4 Å². The number of benzene rings is 1. The van der Waals surface area contributed by atoms with Crippen LogP contribution >= 0.6 is 0 Å². The van der Waals surface area contributed by atoms with Crippen molar-refractivity contribution < 1.29 is 18.7 Å². The fraction of sp³-hybridized carbons (Fsp3) is 0.333. The Labute approximate surface area is 145 Å². The first kappa shape index (κ1) is 17.2. The molecule has 6 nitrogen and oxygen atoms in total. The minimum atomic E-state index is -0.386. The van der Waals surface area contributed by atoms with Crippen molar-refractivity contribution in [1.82, 2.24) is 15.6 Å². The summed E-state index contributed by atoms with van der Waals surface area (Å²) in [5, 5.41) is 5.61.